The van der Waals surface area contributed by atoms with E-state index in [-0.39, 0.29) is 11.3 Å². The van der Waals surface area contributed by atoms with E-state index in [9.17, 15) is 9.18 Å². The van der Waals surface area contributed by atoms with Crippen LogP contribution >= 0.6 is 12.2 Å². The molecule has 8 heteroatoms. The molecule has 2 aromatic rings. The number of thiocarbonyl (C=S) groups is 1. The van der Waals surface area contributed by atoms with Gasteiger partial charge in [-0.3, -0.25) is 5.43 Å². The number of esters is 1. The maximum Gasteiger partial charge on any atom is 0.343 e. The van der Waals surface area contributed by atoms with Gasteiger partial charge >= 0.3 is 5.97 Å². The lowest BCUT2D eigenvalue weighted by molar-refractivity contribution is 0.0729. The molecule has 0 saturated heterocycles. The summed E-state index contributed by atoms with van der Waals surface area (Å²) in [5.41, 5.74) is 3.80. The Morgan fingerprint density at radius 1 is 1.13 bits per heavy atom. The van der Waals surface area contributed by atoms with E-state index < -0.39 is 11.8 Å². The fraction of sp³-hybridized carbons (Fsp3) is 0.318. The van der Waals surface area contributed by atoms with Crippen LogP contribution in [0.5, 0.6) is 11.5 Å². The summed E-state index contributed by atoms with van der Waals surface area (Å²) in [6.07, 6.45) is 7.58. The van der Waals surface area contributed by atoms with E-state index in [2.05, 4.69) is 15.8 Å². The number of hydrazone groups is 1. The predicted molar refractivity (Wildman–Crippen MR) is 118 cm³/mol. The minimum absolute atomic E-state index is 0.243. The first-order chi connectivity index (χ1) is 14.5. The molecule has 0 bridgehead atoms. The maximum atomic E-state index is 13.0. The van der Waals surface area contributed by atoms with Gasteiger partial charge in [-0.05, 0) is 73.1 Å². The fourth-order valence-corrected chi connectivity index (χ4v) is 3.44. The quantitative estimate of drug-likeness (QED) is 0.236. The molecule has 1 saturated carbocycles. The average Bonchev–Trinajstić information content (AvgIpc) is 2.75. The van der Waals surface area contributed by atoms with Crippen molar-refractivity contribution in [2.24, 2.45) is 5.10 Å². The first-order valence-corrected chi connectivity index (χ1v) is 10.2. The number of carbonyl (C=O) groups is 1. The Bertz CT molecular complexity index is 912. The molecule has 0 aromatic heterocycles. The summed E-state index contributed by atoms with van der Waals surface area (Å²) >= 11 is 5.28. The van der Waals surface area contributed by atoms with Crippen molar-refractivity contribution in [3.63, 3.8) is 0 Å². The first-order valence-electron chi connectivity index (χ1n) is 9.80. The van der Waals surface area contributed by atoms with Crippen LogP contribution in [-0.2, 0) is 0 Å². The van der Waals surface area contributed by atoms with Crippen molar-refractivity contribution in [3.8, 4) is 11.5 Å². The van der Waals surface area contributed by atoms with E-state index >= 15 is 0 Å². The van der Waals surface area contributed by atoms with Gasteiger partial charge in [-0.25, -0.2) is 9.18 Å². The molecule has 0 unspecified atom stereocenters. The number of hydrogen-bond donors (Lipinski definition) is 2. The lowest BCUT2D eigenvalue weighted by Gasteiger charge is -2.23. The summed E-state index contributed by atoms with van der Waals surface area (Å²) in [6.45, 7) is 0. The third kappa shape index (κ3) is 6.25. The van der Waals surface area contributed by atoms with E-state index in [1.807, 2.05) is 0 Å². The van der Waals surface area contributed by atoms with Gasteiger partial charge in [-0.2, -0.15) is 5.10 Å². The van der Waals surface area contributed by atoms with Crippen LogP contribution in [0, 0.1) is 5.82 Å². The Labute approximate surface area is 180 Å². The third-order valence-corrected chi connectivity index (χ3v) is 5.00. The highest BCUT2D eigenvalue weighted by Crippen LogP contribution is 2.28. The molecule has 0 spiro atoms. The second-order valence-corrected chi connectivity index (χ2v) is 7.39. The standard InChI is InChI=1S/C22H24FN3O3S/c1-28-20-13-15(14-24-26-22(30)25-18-5-3-2-4-6-18)7-12-19(20)29-21(27)16-8-10-17(23)11-9-16/h7-14,18H,2-6H2,1H3,(H2,25,26,30)/b24-14+. The van der Waals surface area contributed by atoms with Crippen molar-refractivity contribution < 1.29 is 18.7 Å². The minimum atomic E-state index is -0.601. The van der Waals surface area contributed by atoms with Crippen molar-refractivity contribution >= 4 is 29.5 Å². The van der Waals surface area contributed by atoms with Gasteiger partial charge in [0.25, 0.3) is 0 Å². The molecule has 2 aromatic carbocycles. The summed E-state index contributed by atoms with van der Waals surface area (Å²) < 4.78 is 23.7. The highest BCUT2D eigenvalue weighted by atomic mass is 32.1. The van der Waals surface area contributed by atoms with Gasteiger partial charge in [0, 0.05) is 6.04 Å². The van der Waals surface area contributed by atoms with Crippen LogP contribution in [0.2, 0.25) is 0 Å². The smallest absolute Gasteiger partial charge is 0.343 e. The van der Waals surface area contributed by atoms with E-state index in [1.54, 1.807) is 24.4 Å². The van der Waals surface area contributed by atoms with Crippen LogP contribution in [0.25, 0.3) is 0 Å². The Morgan fingerprint density at radius 2 is 1.87 bits per heavy atom. The molecule has 3 rings (SSSR count). The van der Waals surface area contributed by atoms with Crippen LogP contribution < -0.4 is 20.2 Å². The molecule has 0 atom stereocenters. The van der Waals surface area contributed by atoms with Crippen molar-refractivity contribution in [1.29, 1.82) is 0 Å². The maximum absolute atomic E-state index is 13.0. The second-order valence-electron chi connectivity index (χ2n) is 6.99. The highest BCUT2D eigenvalue weighted by molar-refractivity contribution is 7.80. The fourth-order valence-electron chi connectivity index (χ4n) is 3.22. The Hall–Kier alpha value is -3.00. The summed E-state index contributed by atoms with van der Waals surface area (Å²) in [7, 11) is 1.48. The molecular formula is C22H24FN3O3S. The van der Waals surface area contributed by atoms with Crippen LogP contribution in [-0.4, -0.2) is 30.4 Å². The molecule has 0 aliphatic heterocycles. The number of ether oxygens (including phenoxy) is 2. The summed E-state index contributed by atoms with van der Waals surface area (Å²) in [5, 5.41) is 7.93. The predicted octanol–water partition coefficient (Wildman–Crippen LogP) is 4.18. The first kappa shape index (κ1) is 21.7. The molecule has 1 fully saturated rings. The van der Waals surface area contributed by atoms with Gasteiger partial charge in [0.2, 0.25) is 0 Å². The molecular weight excluding hydrogens is 405 g/mol. The number of halogens is 1. The molecule has 1 aliphatic carbocycles. The highest BCUT2D eigenvalue weighted by Gasteiger charge is 2.14. The van der Waals surface area contributed by atoms with Gasteiger partial charge in [-0.15, -0.1) is 0 Å². The van der Waals surface area contributed by atoms with Crippen LogP contribution in [0.4, 0.5) is 4.39 Å². The minimum Gasteiger partial charge on any atom is -0.493 e. The summed E-state index contributed by atoms with van der Waals surface area (Å²) in [5.74, 6) is -0.394. The molecule has 0 radical (unpaired) electrons. The molecule has 0 heterocycles. The number of nitrogens with one attached hydrogen (secondary N) is 2. The van der Waals surface area contributed by atoms with E-state index in [0.29, 0.717) is 16.9 Å². The zero-order chi connectivity index (χ0) is 21.3. The van der Waals surface area contributed by atoms with Crippen molar-refractivity contribution in [2.75, 3.05) is 7.11 Å². The lowest BCUT2D eigenvalue weighted by atomic mass is 9.96. The van der Waals surface area contributed by atoms with Gasteiger partial charge in [0.1, 0.15) is 5.82 Å². The molecule has 30 heavy (non-hydrogen) atoms. The number of benzene rings is 2. The number of methoxy groups -OCH3 is 1. The number of rotatable bonds is 6. The zero-order valence-corrected chi connectivity index (χ0v) is 17.5. The number of hydrogen-bond acceptors (Lipinski definition) is 5. The van der Waals surface area contributed by atoms with Gasteiger partial charge in [-0.1, -0.05) is 19.3 Å². The van der Waals surface area contributed by atoms with Crippen molar-refractivity contribution in [3.05, 3.63) is 59.4 Å². The number of nitrogens with zero attached hydrogens (tertiary/aromatic N) is 1. The monoisotopic (exact) mass is 429 g/mol. The molecule has 2 N–H and O–H groups in total. The lowest BCUT2D eigenvalue weighted by Crippen LogP contribution is -2.40. The van der Waals surface area contributed by atoms with Crippen LogP contribution in [0.3, 0.4) is 0 Å². The average molecular weight is 430 g/mol. The van der Waals surface area contributed by atoms with Gasteiger partial charge < -0.3 is 14.8 Å². The topological polar surface area (TPSA) is 71.9 Å². The Morgan fingerprint density at radius 3 is 2.57 bits per heavy atom. The van der Waals surface area contributed by atoms with Crippen LogP contribution in [0.1, 0.15) is 48.0 Å². The molecule has 158 valence electrons. The Kier molecular flexibility index (Phi) is 7.73. The van der Waals surface area contributed by atoms with Gasteiger partial charge in [0.05, 0.1) is 18.9 Å². The summed E-state index contributed by atoms with van der Waals surface area (Å²) in [4.78, 5) is 12.2. The SMILES string of the molecule is COc1cc(/C=N/NC(=S)NC2CCCCC2)ccc1OC(=O)c1ccc(F)cc1. The van der Waals surface area contributed by atoms with Crippen LogP contribution in [0.15, 0.2) is 47.6 Å². The van der Waals surface area contributed by atoms with E-state index in [1.165, 1.54) is 50.6 Å². The molecule has 1 aliphatic rings. The third-order valence-electron chi connectivity index (χ3n) is 4.79. The largest absolute Gasteiger partial charge is 0.493 e. The second kappa shape index (κ2) is 10.7. The molecule has 0 amide bonds. The van der Waals surface area contributed by atoms with Crippen molar-refractivity contribution in [1.82, 2.24) is 10.7 Å². The summed E-state index contributed by atoms with van der Waals surface area (Å²) in [6, 6.07) is 10.6. The number of carbonyl (C=O) groups excluding carboxylic acids is 1. The normalized spacial score (nSPS) is 14.3. The van der Waals surface area contributed by atoms with E-state index in [0.717, 1.165) is 18.4 Å². The van der Waals surface area contributed by atoms with E-state index in [4.69, 9.17) is 21.7 Å². The van der Waals surface area contributed by atoms with Gasteiger partial charge in [0.15, 0.2) is 16.6 Å². The zero-order valence-electron chi connectivity index (χ0n) is 16.7. The Balaban J connectivity index is 1.57. The molecule has 6 nitrogen and oxygen atoms in total. The van der Waals surface area contributed by atoms with Crippen molar-refractivity contribution in [2.45, 2.75) is 38.1 Å².